The van der Waals surface area contributed by atoms with Gasteiger partial charge >= 0.3 is 0 Å². The maximum absolute atomic E-state index is 11.7. The van der Waals surface area contributed by atoms with Crippen LogP contribution in [0.4, 0.5) is 0 Å². The van der Waals surface area contributed by atoms with Gasteiger partial charge in [0.25, 0.3) is 0 Å². The molecule has 0 saturated carbocycles. The van der Waals surface area contributed by atoms with E-state index >= 15 is 0 Å². The van der Waals surface area contributed by atoms with Gasteiger partial charge in [0.1, 0.15) is 5.15 Å². The first-order valence-corrected chi connectivity index (χ1v) is 7.90. The lowest BCUT2D eigenvalue weighted by Gasteiger charge is -2.21. The van der Waals surface area contributed by atoms with Crippen LogP contribution in [0.3, 0.4) is 0 Å². The van der Waals surface area contributed by atoms with Crippen LogP contribution < -0.4 is 5.32 Å². The van der Waals surface area contributed by atoms with E-state index in [-0.39, 0.29) is 12.5 Å². The number of rotatable bonds is 6. The van der Waals surface area contributed by atoms with E-state index in [9.17, 15) is 9.90 Å². The number of carbonyl (C=O) groups is 1. The largest absolute Gasteiger partial charge is 0.387 e. The van der Waals surface area contributed by atoms with Gasteiger partial charge in [-0.15, -0.1) is 0 Å². The molecule has 7 heteroatoms. The smallest absolute Gasteiger partial charge is 0.244 e. The molecule has 1 rings (SSSR count). The minimum atomic E-state index is -0.912. The average molecular weight is 318 g/mol. The van der Waals surface area contributed by atoms with Crippen molar-refractivity contribution in [1.82, 2.24) is 15.1 Å². The number of aryl methyl sites for hydroxylation is 2. The van der Waals surface area contributed by atoms with Gasteiger partial charge in [-0.3, -0.25) is 9.48 Å². The molecule has 1 unspecified atom stereocenters. The summed E-state index contributed by atoms with van der Waals surface area (Å²) in [5.74, 6) is 0.288. The van der Waals surface area contributed by atoms with Crippen LogP contribution in [0.1, 0.15) is 18.2 Å². The number of nitrogens with zero attached hydrogens (tertiary/aromatic N) is 2. The second-order valence-electron chi connectivity index (χ2n) is 4.89. The molecular formula is C13H20ClN3O2S. The minimum Gasteiger partial charge on any atom is -0.387 e. The molecule has 112 valence electrons. The van der Waals surface area contributed by atoms with E-state index in [1.54, 1.807) is 24.7 Å². The third kappa shape index (κ3) is 4.85. The highest BCUT2D eigenvalue weighted by Gasteiger charge is 2.19. The molecular weight excluding hydrogens is 298 g/mol. The summed E-state index contributed by atoms with van der Waals surface area (Å²) in [4.78, 5) is 11.7. The van der Waals surface area contributed by atoms with Gasteiger partial charge in [-0.1, -0.05) is 11.6 Å². The van der Waals surface area contributed by atoms with Gasteiger partial charge < -0.3 is 10.4 Å². The quantitative estimate of drug-likeness (QED) is 0.783. The van der Waals surface area contributed by atoms with Crippen LogP contribution in [-0.2, 0) is 11.8 Å². The van der Waals surface area contributed by atoms with Gasteiger partial charge in [0, 0.05) is 31.0 Å². The Balaban J connectivity index is 2.60. The molecule has 0 saturated heterocycles. The first-order valence-electron chi connectivity index (χ1n) is 6.13. The Bertz CT molecular complexity index is 512. The second kappa shape index (κ2) is 7.15. The molecule has 1 aromatic rings. The molecule has 0 bridgehead atoms. The van der Waals surface area contributed by atoms with Crippen molar-refractivity contribution >= 4 is 35.3 Å². The van der Waals surface area contributed by atoms with E-state index in [2.05, 4.69) is 10.4 Å². The summed E-state index contributed by atoms with van der Waals surface area (Å²) < 4.78 is 1.55. The van der Waals surface area contributed by atoms with Crippen molar-refractivity contribution in [3.8, 4) is 0 Å². The molecule has 0 aliphatic rings. The van der Waals surface area contributed by atoms with Crippen LogP contribution in [0.15, 0.2) is 6.08 Å². The van der Waals surface area contributed by atoms with Gasteiger partial charge in [-0.05, 0) is 26.2 Å². The van der Waals surface area contributed by atoms with Crippen LogP contribution in [0.2, 0.25) is 5.15 Å². The van der Waals surface area contributed by atoms with Crippen molar-refractivity contribution in [2.45, 2.75) is 19.4 Å². The van der Waals surface area contributed by atoms with E-state index in [1.807, 2.05) is 13.2 Å². The number of halogens is 1. The number of nitrogens with one attached hydrogen (secondary N) is 1. The van der Waals surface area contributed by atoms with Crippen molar-refractivity contribution in [3.63, 3.8) is 0 Å². The summed E-state index contributed by atoms with van der Waals surface area (Å²) in [6.45, 7) is 3.72. The maximum Gasteiger partial charge on any atom is 0.244 e. The van der Waals surface area contributed by atoms with Crippen LogP contribution in [0, 0.1) is 6.92 Å². The van der Waals surface area contributed by atoms with Crippen molar-refractivity contribution < 1.29 is 9.90 Å². The first-order chi connectivity index (χ1) is 9.26. The molecule has 0 fully saturated rings. The molecule has 0 aliphatic heterocycles. The monoisotopic (exact) mass is 317 g/mol. The van der Waals surface area contributed by atoms with Gasteiger partial charge in [-0.25, -0.2) is 0 Å². The summed E-state index contributed by atoms with van der Waals surface area (Å²) in [6, 6.07) is 0. The topological polar surface area (TPSA) is 67.2 Å². The normalized spacial score (nSPS) is 14.5. The third-order valence-electron chi connectivity index (χ3n) is 2.70. The molecule has 1 heterocycles. The van der Waals surface area contributed by atoms with E-state index in [1.165, 1.54) is 17.8 Å². The molecule has 0 radical (unpaired) electrons. The molecule has 0 spiro atoms. The third-order valence-corrected chi connectivity index (χ3v) is 4.06. The van der Waals surface area contributed by atoms with E-state index in [0.29, 0.717) is 10.9 Å². The predicted octanol–water partition coefficient (Wildman–Crippen LogP) is 1.63. The van der Waals surface area contributed by atoms with Crippen LogP contribution in [0.25, 0.3) is 6.08 Å². The fourth-order valence-electron chi connectivity index (χ4n) is 1.69. The SMILES string of the molecule is CSCC(C)(O)CNC(=O)C=Cc1c(C)nn(C)c1Cl. The predicted molar refractivity (Wildman–Crippen MR) is 84.0 cm³/mol. The highest BCUT2D eigenvalue weighted by molar-refractivity contribution is 7.98. The van der Waals surface area contributed by atoms with Gasteiger partial charge in [0.15, 0.2) is 0 Å². The van der Waals surface area contributed by atoms with Gasteiger partial charge in [0.05, 0.1) is 11.3 Å². The Morgan fingerprint density at radius 1 is 1.65 bits per heavy atom. The van der Waals surface area contributed by atoms with Crippen molar-refractivity contribution in [2.24, 2.45) is 7.05 Å². The highest BCUT2D eigenvalue weighted by Crippen LogP contribution is 2.19. The number of thioether (sulfide) groups is 1. The Labute approximate surface area is 128 Å². The highest BCUT2D eigenvalue weighted by atomic mass is 35.5. The number of hydrogen-bond donors (Lipinski definition) is 2. The summed E-state index contributed by atoms with van der Waals surface area (Å²) in [7, 11) is 1.74. The number of carbonyl (C=O) groups excluding carboxylic acids is 1. The van der Waals surface area contributed by atoms with Gasteiger partial charge in [0.2, 0.25) is 5.91 Å². The first kappa shape index (κ1) is 17.1. The number of aliphatic hydroxyl groups is 1. The fraction of sp³-hybridized carbons (Fsp3) is 0.538. The Morgan fingerprint density at radius 2 is 2.30 bits per heavy atom. The second-order valence-corrected chi connectivity index (χ2v) is 6.12. The lowest BCUT2D eigenvalue weighted by molar-refractivity contribution is -0.117. The standard InChI is InChI=1S/C13H20ClN3O2S/c1-9-10(12(14)17(3)16-9)5-6-11(18)15-7-13(2,19)8-20-4/h5-6,19H,7-8H2,1-4H3,(H,15,18). The maximum atomic E-state index is 11.7. The summed E-state index contributed by atoms with van der Waals surface area (Å²) >= 11 is 7.59. The van der Waals surface area contributed by atoms with Crippen LogP contribution in [-0.4, -0.2) is 44.9 Å². The molecule has 0 aliphatic carbocycles. The summed E-state index contributed by atoms with van der Waals surface area (Å²) in [5, 5.41) is 17.3. The van der Waals surface area contributed by atoms with Crippen LogP contribution in [0.5, 0.6) is 0 Å². The molecule has 0 aromatic carbocycles. The lowest BCUT2D eigenvalue weighted by atomic mass is 10.1. The number of amides is 1. The van der Waals surface area contributed by atoms with Gasteiger partial charge in [-0.2, -0.15) is 16.9 Å². The summed E-state index contributed by atoms with van der Waals surface area (Å²) in [6.07, 6.45) is 4.93. The number of hydrogen-bond acceptors (Lipinski definition) is 4. The zero-order chi connectivity index (χ0) is 15.3. The average Bonchev–Trinajstić information content (AvgIpc) is 2.59. The van der Waals surface area contributed by atoms with Crippen molar-refractivity contribution in [3.05, 3.63) is 22.5 Å². The van der Waals surface area contributed by atoms with E-state index in [4.69, 9.17) is 11.6 Å². The summed E-state index contributed by atoms with van der Waals surface area (Å²) in [5.41, 5.74) is 0.571. The Kier molecular flexibility index (Phi) is 6.10. The Hall–Kier alpha value is -0.980. The van der Waals surface area contributed by atoms with E-state index < -0.39 is 5.60 Å². The molecule has 1 amide bonds. The number of aromatic nitrogens is 2. The lowest BCUT2D eigenvalue weighted by Crippen LogP contribution is -2.41. The zero-order valence-corrected chi connectivity index (χ0v) is 13.7. The van der Waals surface area contributed by atoms with Crippen LogP contribution >= 0.6 is 23.4 Å². The molecule has 20 heavy (non-hydrogen) atoms. The van der Waals surface area contributed by atoms with Crippen molar-refractivity contribution in [1.29, 1.82) is 0 Å². The molecule has 2 N–H and O–H groups in total. The van der Waals surface area contributed by atoms with Crippen molar-refractivity contribution in [2.75, 3.05) is 18.6 Å². The fourth-order valence-corrected chi connectivity index (χ4v) is 2.65. The molecule has 1 atom stereocenters. The molecule has 1 aromatic heterocycles. The Morgan fingerprint density at radius 3 is 2.80 bits per heavy atom. The van der Waals surface area contributed by atoms with E-state index in [0.717, 1.165) is 11.3 Å². The minimum absolute atomic E-state index is 0.205. The molecule has 5 nitrogen and oxygen atoms in total. The zero-order valence-electron chi connectivity index (χ0n) is 12.1.